The van der Waals surface area contributed by atoms with Crippen molar-refractivity contribution in [2.24, 2.45) is 0 Å². The molecule has 5 heteroatoms. The first-order valence-corrected chi connectivity index (χ1v) is 8.16. The van der Waals surface area contributed by atoms with Crippen LogP contribution in [0, 0.1) is 6.92 Å². The van der Waals surface area contributed by atoms with E-state index in [1.807, 2.05) is 19.1 Å². The molecule has 0 radical (unpaired) electrons. The maximum atomic E-state index is 12.4. The van der Waals surface area contributed by atoms with Gasteiger partial charge in [0.25, 0.3) is 0 Å². The van der Waals surface area contributed by atoms with E-state index < -0.39 is 10.0 Å². The predicted octanol–water partition coefficient (Wildman–Crippen LogP) is 1.76. The lowest BCUT2D eigenvalue weighted by Crippen LogP contribution is -2.47. The Balaban J connectivity index is 2.12. The van der Waals surface area contributed by atoms with E-state index in [1.165, 1.54) is 0 Å². The van der Waals surface area contributed by atoms with Crippen LogP contribution < -0.4 is 4.72 Å². The third-order valence-electron chi connectivity index (χ3n) is 3.91. The highest BCUT2D eigenvalue weighted by Gasteiger charge is 2.27. The fraction of sp³-hybridized carbons (Fsp3) is 0.571. The number of likely N-dealkylation sites (tertiary alicyclic amines) is 1. The van der Waals surface area contributed by atoms with Crippen molar-refractivity contribution in [1.29, 1.82) is 0 Å². The van der Waals surface area contributed by atoms with E-state index in [0.717, 1.165) is 24.9 Å². The van der Waals surface area contributed by atoms with Crippen LogP contribution in [0.5, 0.6) is 0 Å². The molecule has 106 valence electrons. The monoisotopic (exact) mass is 282 g/mol. The summed E-state index contributed by atoms with van der Waals surface area (Å²) in [6.07, 6.45) is 1.73. The predicted molar refractivity (Wildman–Crippen MR) is 76.6 cm³/mol. The third kappa shape index (κ3) is 3.35. The lowest BCUT2D eigenvalue weighted by molar-refractivity contribution is 0.178. The lowest BCUT2D eigenvalue weighted by atomic mass is 10.0. The third-order valence-corrected chi connectivity index (χ3v) is 5.59. The fourth-order valence-corrected chi connectivity index (χ4v) is 4.07. The highest BCUT2D eigenvalue weighted by atomic mass is 32.2. The van der Waals surface area contributed by atoms with Gasteiger partial charge in [-0.25, -0.2) is 13.1 Å². The molecule has 2 rings (SSSR count). The Hall–Kier alpha value is -0.910. The second-order valence-electron chi connectivity index (χ2n) is 5.44. The van der Waals surface area contributed by atoms with E-state index in [4.69, 9.17) is 0 Å². The lowest BCUT2D eigenvalue weighted by Gasteiger charge is -2.35. The SMILES string of the molecule is Cc1ccccc1S(=O)(=O)NC1CCN(C)C(C)C1. The number of sulfonamides is 1. The van der Waals surface area contributed by atoms with Gasteiger partial charge in [-0.3, -0.25) is 0 Å². The van der Waals surface area contributed by atoms with E-state index in [9.17, 15) is 8.42 Å². The van der Waals surface area contributed by atoms with Crippen molar-refractivity contribution in [2.75, 3.05) is 13.6 Å². The average Bonchev–Trinajstić information content (AvgIpc) is 2.34. The number of piperidine rings is 1. The Kier molecular flexibility index (Phi) is 4.28. The molecule has 0 aromatic heterocycles. The van der Waals surface area contributed by atoms with Gasteiger partial charge in [-0.1, -0.05) is 18.2 Å². The molecule has 4 nitrogen and oxygen atoms in total. The van der Waals surface area contributed by atoms with Crippen molar-refractivity contribution in [1.82, 2.24) is 9.62 Å². The van der Waals surface area contributed by atoms with Crippen molar-refractivity contribution in [3.63, 3.8) is 0 Å². The van der Waals surface area contributed by atoms with Gasteiger partial charge < -0.3 is 4.90 Å². The second kappa shape index (κ2) is 5.61. The van der Waals surface area contributed by atoms with Crippen LogP contribution in [0.25, 0.3) is 0 Å². The first kappa shape index (κ1) is 14.5. The molecule has 0 amide bonds. The van der Waals surface area contributed by atoms with Gasteiger partial charge in [0.1, 0.15) is 0 Å². The summed E-state index contributed by atoms with van der Waals surface area (Å²) in [7, 11) is -1.32. The van der Waals surface area contributed by atoms with Crippen molar-refractivity contribution in [2.45, 2.75) is 43.7 Å². The summed E-state index contributed by atoms with van der Waals surface area (Å²) in [6.45, 7) is 4.89. The van der Waals surface area contributed by atoms with Crippen LogP contribution >= 0.6 is 0 Å². The molecule has 1 aliphatic heterocycles. The standard InChI is InChI=1S/C14H22N2O2S/c1-11-6-4-5-7-14(11)19(17,18)15-13-8-9-16(3)12(2)10-13/h4-7,12-13,15H,8-10H2,1-3H3. The molecule has 1 aromatic rings. The van der Waals surface area contributed by atoms with E-state index in [-0.39, 0.29) is 6.04 Å². The number of rotatable bonds is 3. The van der Waals surface area contributed by atoms with Crippen molar-refractivity contribution in [3.05, 3.63) is 29.8 Å². The van der Waals surface area contributed by atoms with Gasteiger partial charge in [0, 0.05) is 12.1 Å². The van der Waals surface area contributed by atoms with E-state index in [1.54, 1.807) is 12.1 Å². The van der Waals surface area contributed by atoms with E-state index in [2.05, 4.69) is 23.6 Å². The molecule has 1 fully saturated rings. The summed E-state index contributed by atoms with van der Waals surface area (Å²) >= 11 is 0. The summed E-state index contributed by atoms with van der Waals surface area (Å²) < 4.78 is 27.6. The largest absolute Gasteiger partial charge is 0.304 e. The summed E-state index contributed by atoms with van der Waals surface area (Å²) in [4.78, 5) is 2.65. The minimum Gasteiger partial charge on any atom is -0.304 e. The summed E-state index contributed by atoms with van der Waals surface area (Å²) in [5.41, 5.74) is 0.788. The molecule has 1 N–H and O–H groups in total. The van der Waals surface area contributed by atoms with Crippen LogP contribution in [0.4, 0.5) is 0 Å². The molecular formula is C14H22N2O2S. The van der Waals surface area contributed by atoms with Crippen LogP contribution in [0.1, 0.15) is 25.3 Å². The van der Waals surface area contributed by atoms with E-state index >= 15 is 0 Å². The highest BCUT2D eigenvalue weighted by molar-refractivity contribution is 7.89. The number of hydrogen-bond donors (Lipinski definition) is 1. The van der Waals surface area contributed by atoms with Gasteiger partial charge in [0.05, 0.1) is 4.90 Å². The molecule has 0 bridgehead atoms. The molecule has 1 saturated heterocycles. The van der Waals surface area contributed by atoms with Crippen LogP contribution in [-0.2, 0) is 10.0 Å². The maximum absolute atomic E-state index is 12.4. The first-order chi connectivity index (χ1) is 8.90. The average molecular weight is 282 g/mol. The first-order valence-electron chi connectivity index (χ1n) is 6.68. The topological polar surface area (TPSA) is 49.4 Å². The molecule has 0 spiro atoms. The summed E-state index contributed by atoms with van der Waals surface area (Å²) in [5, 5.41) is 0. The molecule has 0 aliphatic carbocycles. The van der Waals surface area contributed by atoms with Crippen molar-refractivity contribution < 1.29 is 8.42 Å². The zero-order valence-electron chi connectivity index (χ0n) is 11.8. The van der Waals surface area contributed by atoms with Gasteiger partial charge in [0.15, 0.2) is 0 Å². The Labute approximate surface area is 115 Å². The number of hydrogen-bond acceptors (Lipinski definition) is 3. The maximum Gasteiger partial charge on any atom is 0.241 e. The minimum absolute atomic E-state index is 0.0378. The fourth-order valence-electron chi connectivity index (χ4n) is 2.54. The summed E-state index contributed by atoms with van der Waals surface area (Å²) in [5.74, 6) is 0. The number of aryl methyl sites for hydroxylation is 1. The normalized spacial score (nSPS) is 25.4. The Morgan fingerprint density at radius 1 is 1.32 bits per heavy atom. The van der Waals surface area contributed by atoms with Crippen LogP contribution in [-0.4, -0.2) is 39.0 Å². The van der Waals surface area contributed by atoms with Gasteiger partial charge >= 0.3 is 0 Å². The van der Waals surface area contributed by atoms with Crippen molar-refractivity contribution in [3.8, 4) is 0 Å². The Morgan fingerprint density at radius 2 is 2.00 bits per heavy atom. The quantitative estimate of drug-likeness (QED) is 0.919. The number of nitrogens with zero attached hydrogens (tertiary/aromatic N) is 1. The van der Waals surface area contributed by atoms with Gasteiger partial charge in [-0.05, 0) is 51.9 Å². The molecule has 0 saturated carbocycles. The smallest absolute Gasteiger partial charge is 0.241 e. The van der Waals surface area contributed by atoms with E-state index in [0.29, 0.717) is 10.9 Å². The second-order valence-corrected chi connectivity index (χ2v) is 7.12. The molecule has 19 heavy (non-hydrogen) atoms. The molecular weight excluding hydrogens is 260 g/mol. The molecule has 1 aromatic carbocycles. The summed E-state index contributed by atoms with van der Waals surface area (Å²) in [6, 6.07) is 7.56. The number of nitrogens with one attached hydrogen (secondary N) is 1. The van der Waals surface area contributed by atoms with Gasteiger partial charge in [0.2, 0.25) is 10.0 Å². The zero-order valence-corrected chi connectivity index (χ0v) is 12.6. The van der Waals surface area contributed by atoms with Crippen molar-refractivity contribution >= 4 is 10.0 Å². The van der Waals surface area contributed by atoms with Crippen LogP contribution in [0.3, 0.4) is 0 Å². The Morgan fingerprint density at radius 3 is 2.63 bits per heavy atom. The van der Waals surface area contributed by atoms with Crippen LogP contribution in [0.2, 0.25) is 0 Å². The highest BCUT2D eigenvalue weighted by Crippen LogP contribution is 2.19. The molecule has 1 heterocycles. The zero-order chi connectivity index (χ0) is 14.0. The number of benzene rings is 1. The van der Waals surface area contributed by atoms with Gasteiger partial charge in [-0.2, -0.15) is 0 Å². The molecule has 1 aliphatic rings. The minimum atomic E-state index is -3.40. The molecule has 2 unspecified atom stereocenters. The van der Waals surface area contributed by atoms with Crippen LogP contribution in [0.15, 0.2) is 29.2 Å². The Bertz CT molecular complexity index is 542. The van der Waals surface area contributed by atoms with Gasteiger partial charge in [-0.15, -0.1) is 0 Å². The molecule has 2 atom stereocenters.